The van der Waals surface area contributed by atoms with Gasteiger partial charge in [-0.3, -0.25) is 0 Å². The van der Waals surface area contributed by atoms with Crippen LogP contribution in [0.2, 0.25) is 0 Å². The molecule has 0 amide bonds. The van der Waals surface area contributed by atoms with Crippen molar-refractivity contribution in [2.45, 2.75) is 23.9 Å². The quantitative estimate of drug-likeness (QED) is 0.787. The maximum absolute atomic E-state index is 13.9. The number of rotatable bonds is 1. The van der Waals surface area contributed by atoms with Crippen LogP contribution in [0.4, 0.5) is 4.39 Å². The second-order valence-corrected chi connectivity index (χ2v) is 7.12. The van der Waals surface area contributed by atoms with Gasteiger partial charge in [0, 0.05) is 18.7 Å². The Morgan fingerprint density at radius 1 is 1.44 bits per heavy atom. The van der Waals surface area contributed by atoms with Crippen LogP contribution in [0.1, 0.15) is 12.0 Å². The summed E-state index contributed by atoms with van der Waals surface area (Å²) in [5.41, 5.74) is 0.247. The smallest absolute Gasteiger partial charge is 0.244 e. The molecule has 18 heavy (non-hydrogen) atoms. The van der Waals surface area contributed by atoms with Gasteiger partial charge in [0.2, 0.25) is 10.0 Å². The van der Waals surface area contributed by atoms with E-state index in [0.29, 0.717) is 24.1 Å². The summed E-state index contributed by atoms with van der Waals surface area (Å²) >= 11 is 3.08. The molecule has 1 aromatic carbocycles. The summed E-state index contributed by atoms with van der Waals surface area (Å²) in [6.45, 7) is 1.03. The Morgan fingerprint density at radius 3 is 2.89 bits per heavy atom. The highest BCUT2D eigenvalue weighted by atomic mass is 79.9. The van der Waals surface area contributed by atoms with Gasteiger partial charge >= 0.3 is 0 Å². The lowest BCUT2D eigenvalue weighted by atomic mass is 10.2. The summed E-state index contributed by atoms with van der Waals surface area (Å²) in [7, 11) is -3.58. The molecule has 1 aromatic rings. The first kappa shape index (κ1) is 12.5. The maximum atomic E-state index is 13.9. The lowest BCUT2D eigenvalue weighted by molar-refractivity contribution is 0.176. The van der Waals surface area contributed by atoms with Crippen molar-refractivity contribution in [1.82, 2.24) is 4.31 Å². The molecule has 2 aliphatic heterocycles. The molecule has 0 radical (unpaired) electrons. The molecule has 0 aromatic heterocycles. The second-order valence-electron chi connectivity index (χ2n) is 4.41. The van der Waals surface area contributed by atoms with Crippen molar-refractivity contribution in [1.29, 1.82) is 0 Å². The van der Waals surface area contributed by atoms with Crippen LogP contribution in [0.25, 0.3) is 0 Å². The molecule has 0 saturated carbocycles. The zero-order valence-corrected chi connectivity index (χ0v) is 11.8. The molecule has 98 valence electrons. The van der Waals surface area contributed by atoms with Crippen LogP contribution in [0.3, 0.4) is 0 Å². The van der Waals surface area contributed by atoms with Gasteiger partial charge < -0.3 is 4.74 Å². The van der Waals surface area contributed by atoms with E-state index in [1.54, 1.807) is 0 Å². The van der Waals surface area contributed by atoms with Crippen LogP contribution in [-0.2, 0) is 21.3 Å². The summed E-state index contributed by atoms with van der Waals surface area (Å²) in [6.07, 6.45) is 0.663. The van der Waals surface area contributed by atoms with Crippen LogP contribution >= 0.6 is 15.9 Å². The van der Waals surface area contributed by atoms with Gasteiger partial charge in [0.05, 0.1) is 22.0 Å². The summed E-state index contributed by atoms with van der Waals surface area (Å²) in [5.74, 6) is -0.488. The van der Waals surface area contributed by atoms with Crippen molar-refractivity contribution in [2.75, 3.05) is 13.2 Å². The zero-order valence-electron chi connectivity index (χ0n) is 9.40. The predicted molar refractivity (Wildman–Crippen MR) is 66.1 cm³/mol. The molecule has 1 saturated heterocycles. The van der Waals surface area contributed by atoms with Crippen molar-refractivity contribution in [3.63, 3.8) is 0 Å². The van der Waals surface area contributed by atoms with E-state index in [1.807, 2.05) is 0 Å². The first-order valence-electron chi connectivity index (χ1n) is 5.58. The van der Waals surface area contributed by atoms with Gasteiger partial charge in [0.15, 0.2) is 0 Å². The van der Waals surface area contributed by atoms with Gasteiger partial charge in [-0.1, -0.05) is 0 Å². The summed E-state index contributed by atoms with van der Waals surface area (Å²) in [4.78, 5) is 0.0788. The Balaban J connectivity index is 2.08. The van der Waals surface area contributed by atoms with Gasteiger partial charge in [0.25, 0.3) is 0 Å². The largest absolute Gasteiger partial charge is 0.380 e. The monoisotopic (exact) mass is 335 g/mol. The molecule has 1 unspecified atom stereocenters. The zero-order chi connectivity index (χ0) is 12.9. The number of halogens is 2. The Kier molecular flexibility index (Phi) is 2.97. The van der Waals surface area contributed by atoms with Crippen molar-refractivity contribution >= 4 is 26.0 Å². The molecule has 1 atom stereocenters. The Hall–Kier alpha value is -0.500. The van der Waals surface area contributed by atoms with Crippen molar-refractivity contribution in [3.8, 4) is 0 Å². The van der Waals surface area contributed by atoms with Gasteiger partial charge in [0.1, 0.15) is 5.82 Å². The molecule has 2 heterocycles. The van der Waals surface area contributed by atoms with Crippen molar-refractivity contribution < 1.29 is 17.5 Å². The number of hydrogen-bond acceptors (Lipinski definition) is 3. The van der Waals surface area contributed by atoms with E-state index in [4.69, 9.17) is 4.74 Å². The molecular weight excluding hydrogens is 325 g/mol. The molecule has 0 bridgehead atoms. The second kappa shape index (κ2) is 4.26. The van der Waals surface area contributed by atoms with Gasteiger partial charge in [-0.15, -0.1) is 0 Å². The fourth-order valence-corrected chi connectivity index (χ4v) is 4.59. The average molecular weight is 336 g/mol. The van der Waals surface area contributed by atoms with Crippen molar-refractivity contribution in [3.05, 3.63) is 28.0 Å². The Bertz CT molecular complexity index is 599. The molecule has 0 spiro atoms. The van der Waals surface area contributed by atoms with E-state index < -0.39 is 15.8 Å². The summed E-state index contributed by atoms with van der Waals surface area (Å²) < 4.78 is 45.4. The lowest BCUT2D eigenvalue weighted by Crippen LogP contribution is -2.35. The first-order valence-corrected chi connectivity index (χ1v) is 7.81. The Labute approximate surface area is 113 Å². The van der Waals surface area contributed by atoms with E-state index in [2.05, 4.69) is 15.9 Å². The minimum Gasteiger partial charge on any atom is -0.380 e. The molecule has 1 fully saturated rings. The minimum absolute atomic E-state index is 0.0788. The average Bonchev–Trinajstić information content (AvgIpc) is 2.90. The summed E-state index contributed by atoms with van der Waals surface area (Å²) in [6, 6.07) is 2.70. The van der Waals surface area contributed by atoms with Gasteiger partial charge in [-0.05, 0) is 34.5 Å². The van der Waals surface area contributed by atoms with Gasteiger partial charge in [-0.2, -0.15) is 4.31 Å². The highest BCUT2D eigenvalue weighted by Crippen LogP contribution is 2.37. The third-order valence-corrected chi connectivity index (χ3v) is 5.96. The Morgan fingerprint density at radius 2 is 2.22 bits per heavy atom. The van der Waals surface area contributed by atoms with E-state index in [-0.39, 0.29) is 23.0 Å². The SMILES string of the molecule is O=S1(=O)c2ccc(Br)c(F)c2CN1C1CCOC1. The number of sulfonamides is 1. The van der Waals surface area contributed by atoms with E-state index in [1.165, 1.54) is 16.4 Å². The molecular formula is C11H11BrFNO3S. The topological polar surface area (TPSA) is 46.6 Å². The van der Waals surface area contributed by atoms with E-state index in [9.17, 15) is 12.8 Å². The van der Waals surface area contributed by atoms with Crippen LogP contribution < -0.4 is 0 Å². The van der Waals surface area contributed by atoms with Gasteiger partial charge in [-0.25, -0.2) is 12.8 Å². The predicted octanol–water partition coefficient (Wildman–Crippen LogP) is 1.88. The number of ether oxygens (including phenoxy) is 1. The molecule has 0 aliphatic carbocycles. The minimum atomic E-state index is -3.58. The standard InChI is InChI=1S/C11H11BrFNO3S/c12-9-1-2-10-8(11(9)13)5-14(18(10,15)16)7-3-4-17-6-7/h1-2,7H,3-6H2. The first-order chi connectivity index (χ1) is 8.51. The number of benzene rings is 1. The molecule has 4 nitrogen and oxygen atoms in total. The van der Waals surface area contributed by atoms with Crippen LogP contribution in [-0.4, -0.2) is 32.0 Å². The third-order valence-electron chi connectivity index (χ3n) is 3.37. The molecule has 7 heteroatoms. The normalized spacial score (nSPS) is 26.4. The number of hydrogen-bond donors (Lipinski definition) is 0. The highest BCUT2D eigenvalue weighted by Gasteiger charge is 2.42. The van der Waals surface area contributed by atoms with Crippen molar-refractivity contribution in [2.24, 2.45) is 0 Å². The van der Waals surface area contributed by atoms with Crippen LogP contribution in [0.15, 0.2) is 21.5 Å². The van der Waals surface area contributed by atoms with Crippen LogP contribution in [0.5, 0.6) is 0 Å². The lowest BCUT2D eigenvalue weighted by Gasteiger charge is -2.20. The fraction of sp³-hybridized carbons (Fsp3) is 0.455. The molecule has 3 rings (SSSR count). The van der Waals surface area contributed by atoms with E-state index >= 15 is 0 Å². The summed E-state index contributed by atoms with van der Waals surface area (Å²) in [5, 5.41) is 0. The maximum Gasteiger partial charge on any atom is 0.244 e. The van der Waals surface area contributed by atoms with Crippen LogP contribution in [0, 0.1) is 5.82 Å². The fourth-order valence-electron chi connectivity index (χ4n) is 2.41. The number of fused-ring (bicyclic) bond motifs is 1. The highest BCUT2D eigenvalue weighted by molar-refractivity contribution is 9.10. The molecule has 2 aliphatic rings. The van der Waals surface area contributed by atoms with E-state index in [0.717, 1.165) is 0 Å². The number of nitrogens with zero attached hydrogens (tertiary/aromatic N) is 1. The molecule has 0 N–H and O–H groups in total. The third kappa shape index (κ3) is 1.72.